The Morgan fingerprint density at radius 2 is 2.00 bits per heavy atom. The average Bonchev–Trinajstić information content (AvgIpc) is 2.58. The van der Waals surface area contributed by atoms with Crippen LogP contribution in [0.1, 0.15) is 17.9 Å². The third-order valence-electron chi connectivity index (χ3n) is 2.15. The molecule has 11 heavy (non-hydrogen) atoms. The van der Waals surface area contributed by atoms with E-state index in [1.165, 1.54) is 12.0 Å². The monoisotopic (exact) mass is 146 g/mol. The molecule has 1 heterocycles. The lowest BCUT2D eigenvalue weighted by Gasteiger charge is -2.06. The topological polar surface area (TPSA) is 12.0 Å². The molecule has 1 atom stereocenters. The summed E-state index contributed by atoms with van der Waals surface area (Å²) in [5, 5.41) is 3.25. The van der Waals surface area contributed by atoms with Crippen LogP contribution in [0.4, 0.5) is 0 Å². The first-order valence-corrected chi connectivity index (χ1v) is 4.08. The molecule has 0 aromatic heterocycles. The number of hydrogen-bond donors (Lipinski definition) is 1. The van der Waals surface area contributed by atoms with Crippen LogP contribution in [0.15, 0.2) is 30.3 Å². The van der Waals surface area contributed by atoms with E-state index in [-0.39, 0.29) is 0 Å². The van der Waals surface area contributed by atoms with Gasteiger partial charge >= 0.3 is 0 Å². The van der Waals surface area contributed by atoms with E-state index in [4.69, 9.17) is 0 Å². The Morgan fingerprint density at radius 1 is 1.18 bits per heavy atom. The van der Waals surface area contributed by atoms with Crippen LogP contribution in [-0.4, -0.2) is 6.54 Å². The van der Waals surface area contributed by atoms with Gasteiger partial charge in [-0.25, -0.2) is 0 Å². The zero-order chi connectivity index (χ0) is 7.52. The number of hydrogen-bond acceptors (Lipinski definition) is 1. The number of rotatable bonds is 1. The largest absolute Gasteiger partial charge is 0.312 e. The summed E-state index contributed by atoms with van der Waals surface area (Å²) >= 11 is 0. The second-order valence-corrected chi connectivity index (χ2v) is 2.93. The third kappa shape index (κ3) is 1.43. The second kappa shape index (κ2) is 3.05. The zero-order valence-corrected chi connectivity index (χ0v) is 6.46. The highest BCUT2D eigenvalue weighted by Gasteiger charge is 2.15. The van der Waals surface area contributed by atoms with Crippen molar-refractivity contribution >= 4 is 0 Å². The van der Waals surface area contributed by atoms with Crippen LogP contribution in [0, 0.1) is 6.54 Å². The van der Waals surface area contributed by atoms with E-state index < -0.39 is 0 Å². The highest BCUT2D eigenvalue weighted by atomic mass is 14.9. The molecule has 0 aliphatic carbocycles. The molecule has 1 aliphatic rings. The average molecular weight is 146 g/mol. The quantitative estimate of drug-likeness (QED) is 0.638. The predicted octanol–water partition coefficient (Wildman–Crippen LogP) is 1.93. The first-order valence-electron chi connectivity index (χ1n) is 4.08. The molecule has 1 nitrogen and oxygen atoms in total. The highest BCUT2D eigenvalue weighted by molar-refractivity contribution is 5.23. The van der Waals surface area contributed by atoms with Gasteiger partial charge < -0.3 is 5.32 Å². The highest BCUT2D eigenvalue weighted by Crippen LogP contribution is 2.24. The first kappa shape index (κ1) is 6.86. The summed E-state index contributed by atoms with van der Waals surface area (Å²) in [5.41, 5.74) is 1.43. The molecule has 0 unspecified atom stereocenters. The molecule has 57 valence electrons. The molecular weight excluding hydrogens is 134 g/mol. The minimum absolute atomic E-state index is 0.635. The molecular formula is C10H12N. The van der Waals surface area contributed by atoms with Crippen molar-refractivity contribution in [2.45, 2.75) is 12.3 Å². The molecule has 1 aliphatic heterocycles. The molecule has 1 saturated heterocycles. The van der Waals surface area contributed by atoms with Crippen molar-refractivity contribution in [3.05, 3.63) is 42.4 Å². The fourth-order valence-corrected chi connectivity index (χ4v) is 1.51. The molecule has 0 amide bonds. The fourth-order valence-electron chi connectivity index (χ4n) is 1.51. The molecule has 1 heteroatoms. The zero-order valence-electron chi connectivity index (χ0n) is 6.46. The summed E-state index contributed by atoms with van der Waals surface area (Å²) < 4.78 is 0. The standard InChI is InChI=1S/C10H12N/c1-2-4-9(5-3-1)10-6-7-11-8-10/h1-5,8,10-11H,6-7H2/t10-/m0/s1. The van der Waals surface area contributed by atoms with Crippen molar-refractivity contribution in [2.24, 2.45) is 0 Å². The minimum Gasteiger partial charge on any atom is -0.312 e. The molecule has 0 spiro atoms. The van der Waals surface area contributed by atoms with E-state index in [0.29, 0.717) is 5.92 Å². The minimum atomic E-state index is 0.635. The summed E-state index contributed by atoms with van der Waals surface area (Å²) in [5.74, 6) is 0.635. The summed E-state index contributed by atoms with van der Waals surface area (Å²) in [6.07, 6.45) is 1.24. The van der Waals surface area contributed by atoms with Gasteiger partial charge in [-0.2, -0.15) is 0 Å². The maximum absolute atomic E-state index is 3.25. The lowest BCUT2D eigenvalue weighted by molar-refractivity contribution is 0.823. The SMILES string of the molecule is [CH]1NCC[C@@H]1c1ccccc1. The van der Waals surface area contributed by atoms with E-state index in [0.717, 1.165) is 6.54 Å². The smallest absolute Gasteiger partial charge is 0.0296 e. The normalized spacial score (nSPS) is 23.8. The van der Waals surface area contributed by atoms with Crippen LogP contribution in [0.2, 0.25) is 0 Å². The Bertz CT molecular complexity index is 212. The molecule has 1 N–H and O–H groups in total. The summed E-state index contributed by atoms with van der Waals surface area (Å²) in [4.78, 5) is 0. The predicted molar refractivity (Wildman–Crippen MR) is 46.1 cm³/mol. The molecule has 0 saturated carbocycles. The number of nitrogens with one attached hydrogen (secondary N) is 1. The molecule has 1 radical (unpaired) electrons. The Kier molecular flexibility index (Phi) is 1.91. The van der Waals surface area contributed by atoms with Gasteiger partial charge in [0.25, 0.3) is 0 Å². The first-order chi connectivity index (χ1) is 5.47. The molecule has 2 rings (SSSR count). The van der Waals surface area contributed by atoms with Crippen LogP contribution in [0.5, 0.6) is 0 Å². The van der Waals surface area contributed by atoms with Crippen molar-refractivity contribution in [1.82, 2.24) is 5.32 Å². The van der Waals surface area contributed by atoms with Gasteiger partial charge in [-0.15, -0.1) is 0 Å². The summed E-state index contributed by atoms with van der Waals surface area (Å²) in [6.45, 7) is 3.31. The molecule has 1 aromatic carbocycles. The Hall–Kier alpha value is -0.820. The summed E-state index contributed by atoms with van der Waals surface area (Å²) in [6, 6.07) is 10.6. The van der Waals surface area contributed by atoms with Crippen LogP contribution in [0.3, 0.4) is 0 Å². The van der Waals surface area contributed by atoms with Gasteiger partial charge in [-0.3, -0.25) is 0 Å². The van der Waals surface area contributed by atoms with Gasteiger partial charge in [-0.1, -0.05) is 30.3 Å². The van der Waals surface area contributed by atoms with Gasteiger partial charge in [0.1, 0.15) is 0 Å². The van der Waals surface area contributed by atoms with Gasteiger partial charge in [0.05, 0.1) is 0 Å². The van der Waals surface area contributed by atoms with Crippen LogP contribution in [0.25, 0.3) is 0 Å². The van der Waals surface area contributed by atoms with Crippen LogP contribution < -0.4 is 5.32 Å². The summed E-state index contributed by atoms with van der Waals surface area (Å²) in [7, 11) is 0. The maximum Gasteiger partial charge on any atom is 0.0296 e. The maximum atomic E-state index is 3.25. The lowest BCUT2D eigenvalue weighted by Crippen LogP contribution is -2.00. The van der Waals surface area contributed by atoms with E-state index in [1.807, 2.05) is 0 Å². The molecule has 1 fully saturated rings. The van der Waals surface area contributed by atoms with Crippen LogP contribution in [-0.2, 0) is 0 Å². The molecule has 0 bridgehead atoms. The van der Waals surface area contributed by atoms with Crippen molar-refractivity contribution < 1.29 is 0 Å². The second-order valence-electron chi connectivity index (χ2n) is 2.93. The molecule has 1 aromatic rings. The van der Waals surface area contributed by atoms with Gasteiger partial charge in [0, 0.05) is 12.5 Å². The fraction of sp³-hybridized carbons (Fsp3) is 0.300. The Labute approximate surface area is 67.4 Å². The lowest BCUT2D eigenvalue weighted by atomic mass is 9.99. The van der Waals surface area contributed by atoms with E-state index in [9.17, 15) is 0 Å². The van der Waals surface area contributed by atoms with E-state index >= 15 is 0 Å². The number of benzene rings is 1. The van der Waals surface area contributed by atoms with Crippen molar-refractivity contribution in [1.29, 1.82) is 0 Å². The van der Waals surface area contributed by atoms with Crippen molar-refractivity contribution in [2.75, 3.05) is 6.54 Å². The third-order valence-corrected chi connectivity index (χ3v) is 2.15. The Balaban J connectivity index is 2.16. The van der Waals surface area contributed by atoms with E-state index in [2.05, 4.69) is 42.2 Å². The van der Waals surface area contributed by atoms with Crippen molar-refractivity contribution in [3.63, 3.8) is 0 Å². The van der Waals surface area contributed by atoms with Crippen molar-refractivity contribution in [3.8, 4) is 0 Å². The van der Waals surface area contributed by atoms with Gasteiger partial charge in [0.15, 0.2) is 0 Å². The van der Waals surface area contributed by atoms with Crippen LogP contribution >= 0.6 is 0 Å². The van der Waals surface area contributed by atoms with Gasteiger partial charge in [-0.05, 0) is 18.5 Å². The van der Waals surface area contributed by atoms with E-state index in [1.54, 1.807) is 0 Å². The van der Waals surface area contributed by atoms with Gasteiger partial charge in [0.2, 0.25) is 0 Å². The Morgan fingerprint density at radius 3 is 2.64 bits per heavy atom.